The van der Waals surface area contributed by atoms with Crippen LogP contribution in [-0.2, 0) is 6.42 Å². The molecule has 4 nitrogen and oxygen atoms in total. The molecule has 0 aliphatic carbocycles. The summed E-state index contributed by atoms with van der Waals surface area (Å²) in [5, 5.41) is 1.11. The van der Waals surface area contributed by atoms with Crippen molar-refractivity contribution in [2.75, 3.05) is 0 Å². The number of nitrogens with zero attached hydrogens (tertiary/aromatic N) is 1. The van der Waals surface area contributed by atoms with Crippen molar-refractivity contribution in [3.8, 4) is 0 Å². The molecule has 1 aliphatic rings. The first kappa shape index (κ1) is 18.4. The zero-order valence-corrected chi connectivity index (χ0v) is 15.7. The Morgan fingerprint density at radius 2 is 1.82 bits per heavy atom. The van der Waals surface area contributed by atoms with Crippen LogP contribution in [0.4, 0.5) is 0 Å². The molecule has 1 aromatic heterocycles. The van der Waals surface area contributed by atoms with Crippen LogP contribution in [-0.4, -0.2) is 12.8 Å². The van der Waals surface area contributed by atoms with Crippen molar-refractivity contribution in [2.24, 2.45) is 0 Å². The van der Waals surface area contributed by atoms with E-state index in [-0.39, 0.29) is 5.70 Å². The van der Waals surface area contributed by atoms with Gasteiger partial charge in [0.2, 0.25) is 3.79 Å². The Labute approximate surface area is 157 Å². The second-order valence-electron chi connectivity index (χ2n) is 4.46. The van der Waals surface area contributed by atoms with E-state index >= 15 is 0 Å². The van der Waals surface area contributed by atoms with Gasteiger partial charge in [0.1, 0.15) is 11.5 Å². The summed E-state index contributed by atoms with van der Waals surface area (Å²) in [6.45, 7) is 1.87. The van der Waals surface area contributed by atoms with Gasteiger partial charge < -0.3 is 4.42 Å². The van der Waals surface area contributed by atoms with Crippen molar-refractivity contribution in [3.63, 3.8) is 0 Å². The number of hydrogen-bond acceptors (Lipinski definition) is 4. The van der Waals surface area contributed by atoms with Crippen LogP contribution in [0, 0.1) is 6.92 Å². The maximum atomic E-state index is 5.88. The normalized spacial score (nSPS) is 18.9. The van der Waals surface area contributed by atoms with Crippen LogP contribution >= 0.6 is 69.6 Å². The molecule has 0 radical (unpaired) electrons. The molecule has 2 rings (SSSR count). The quantitative estimate of drug-likeness (QED) is 0.521. The third-order valence-corrected chi connectivity index (χ3v) is 3.77. The van der Waals surface area contributed by atoms with Gasteiger partial charge in [0.05, 0.1) is 5.70 Å². The molecule has 0 amide bonds. The minimum absolute atomic E-state index is 0.240. The van der Waals surface area contributed by atoms with E-state index in [2.05, 4.69) is 10.9 Å². The van der Waals surface area contributed by atoms with E-state index in [0.717, 1.165) is 16.6 Å². The number of halogens is 6. The lowest BCUT2D eigenvalue weighted by Gasteiger charge is -2.37. The fraction of sp³-hybridized carbons (Fsp3) is 0.333. The minimum Gasteiger partial charge on any atom is -0.466 e. The zero-order chi connectivity index (χ0) is 16.5. The van der Waals surface area contributed by atoms with E-state index < -0.39 is 7.71 Å². The third-order valence-electron chi connectivity index (χ3n) is 2.65. The summed E-state index contributed by atoms with van der Waals surface area (Å²) in [7, 11) is 0. The number of furan rings is 1. The van der Waals surface area contributed by atoms with Gasteiger partial charge in [-0.1, -0.05) is 80.8 Å². The van der Waals surface area contributed by atoms with Crippen molar-refractivity contribution in [3.05, 3.63) is 47.2 Å². The fourth-order valence-corrected chi connectivity index (χ4v) is 2.22. The molecular weight excluding hydrogens is 415 g/mol. The highest BCUT2D eigenvalue weighted by molar-refractivity contribution is 6.69. The number of rotatable bonds is 2. The Bertz CT molecular complexity index is 599. The average molecular weight is 426 g/mol. The Hall–Kier alpha value is 0.0600. The number of aryl methyl sites for hydroxylation is 1. The Morgan fingerprint density at radius 3 is 2.32 bits per heavy atom. The van der Waals surface area contributed by atoms with Gasteiger partial charge in [-0.3, -0.25) is 10.9 Å². The molecule has 0 saturated carbocycles. The highest BCUT2D eigenvalue weighted by atomic mass is 35.6. The van der Waals surface area contributed by atoms with Crippen LogP contribution in [0.2, 0.25) is 0 Å². The van der Waals surface area contributed by atoms with Gasteiger partial charge >= 0.3 is 0 Å². The topological polar surface area (TPSA) is 40.4 Å². The molecule has 0 bridgehead atoms. The third kappa shape index (κ3) is 5.03. The molecular formula is C12H11Cl6N3O. The lowest BCUT2D eigenvalue weighted by molar-refractivity contribution is 0.142. The second kappa shape index (κ2) is 6.89. The second-order valence-corrected chi connectivity index (χ2v) is 8.96. The van der Waals surface area contributed by atoms with E-state index in [1.54, 1.807) is 6.08 Å². The molecule has 122 valence electrons. The molecule has 2 N–H and O–H groups in total. The summed E-state index contributed by atoms with van der Waals surface area (Å²) in [5.74, 6) is 1.61. The lowest BCUT2D eigenvalue weighted by atomic mass is 10.2. The maximum absolute atomic E-state index is 5.88. The SMILES string of the molecule is Cc1ccc(C/C=C2\C=C(C(Cl)(Cl)Cl)NN(C(Cl)(Cl)Cl)N2)o1. The van der Waals surface area contributed by atoms with E-state index in [9.17, 15) is 0 Å². The van der Waals surface area contributed by atoms with E-state index in [4.69, 9.17) is 74.0 Å². The predicted molar refractivity (Wildman–Crippen MR) is 92.0 cm³/mol. The van der Waals surface area contributed by atoms with Crippen LogP contribution < -0.4 is 10.9 Å². The highest BCUT2D eigenvalue weighted by Gasteiger charge is 2.38. The van der Waals surface area contributed by atoms with Gasteiger partial charge in [-0.05, 0) is 25.1 Å². The summed E-state index contributed by atoms with van der Waals surface area (Å²) in [6, 6.07) is 3.75. The molecule has 0 atom stereocenters. The predicted octanol–water partition coefficient (Wildman–Crippen LogP) is 4.92. The van der Waals surface area contributed by atoms with Gasteiger partial charge in [-0.25, -0.2) is 0 Å². The van der Waals surface area contributed by atoms with Crippen LogP contribution in [0.15, 0.2) is 40.1 Å². The van der Waals surface area contributed by atoms with Crippen LogP contribution in [0.5, 0.6) is 0 Å². The molecule has 1 aliphatic heterocycles. The number of alkyl halides is 6. The van der Waals surface area contributed by atoms with Gasteiger partial charge in [0.25, 0.3) is 3.92 Å². The van der Waals surface area contributed by atoms with Crippen molar-refractivity contribution in [1.82, 2.24) is 16.0 Å². The van der Waals surface area contributed by atoms with Crippen LogP contribution in [0.1, 0.15) is 11.5 Å². The Balaban J connectivity index is 2.24. The van der Waals surface area contributed by atoms with E-state index in [1.807, 2.05) is 25.1 Å². The molecule has 22 heavy (non-hydrogen) atoms. The van der Waals surface area contributed by atoms with Crippen LogP contribution in [0.3, 0.4) is 0 Å². The standard InChI is InChI=1S/C12H11Cl6N3O/c1-7-2-4-9(22-7)5-3-8-6-10(11(13,14)15)20-21(19-8)12(16,17)18/h2-4,6,19-20H,5H2,1H3/b8-3+. The van der Waals surface area contributed by atoms with Gasteiger partial charge in [0, 0.05) is 12.1 Å². The van der Waals surface area contributed by atoms with Crippen molar-refractivity contribution < 1.29 is 4.42 Å². The molecule has 0 fully saturated rings. The smallest absolute Gasteiger partial charge is 0.281 e. The molecule has 2 heterocycles. The number of hydrogen-bond donors (Lipinski definition) is 2. The van der Waals surface area contributed by atoms with Crippen molar-refractivity contribution in [2.45, 2.75) is 21.1 Å². The molecule has 10 heteroatoms. The molecule has 0 spiro atoms. The number of hydrazine groups is 2. The van der Waals surface area contributed by atoms with Crippen molar-refractivity contribution in [1.29, 1.82) is 0 Å². The first-order chi connectivity index (χ1) is 10.1. The summed E-state index contributed by atoms with van der Waals surface area (Å²) in [5.41, 5.74) is 6.38. The molecule has 0 saturated heterocycles. The largest absolute Gasteiger partial charge is 0.466 e. The summed E-state index contributed by atoms with van der Waals surface area (Å²) in [4.78, 5) is 0. The first-order valence-corrected chi connectivity index (χ1v) is 8.27. The Kier molecular flexibility index (Phi) is 5.77. The summed E-state index contributed by atoms with van der Waals surface area (Å²) >= 11 is 35.2. The molecule has 0 aromatic carbocycles. The Morgan fingerprint density at radius 1 is 1.14 bits per heavy atom. The lowest BCUT2D eigenvalue weighted by Crippen LogP contribution is -2.57. The number of nitrogens with one attached hydrogen (secondary N) is 2. The minimum atomic E-state index is -1.80. The van der Waals surface area contributed by atoms with Gasteiger partial charge in [-0.15, -0.1) is 0 Å². The maximum Gasteiger partial charge on any atom is 0.281 e. The molecule has 1 aromatic rings. The summed E-state index contributed by atoms with van der Waals surface area (Å²) in [6.07, 6.45) is 3.95. The fourth-order valence-electron chi connectivity index (χ4n) is 1.68. The molecule has 0 unspecified atom stereocenters. The summed E-state index contributed by atoms with van der Waals surface area (Å²) < 4.78 is 1.99. The van der Waals surface area contributed by atoms with Gasteiger partial charge in [0.15, 0.2) is 0 Å². The van der Waals surface area contributed by atoms with E-state index in [0.29, 0.717) is 12.1 Å². The zero-order valence-electron chi connectivity index (χ0n) is 11.1. The highest BCUT2D eigenvalue weighted by Crippen LogP contribution is 2.37. The monoisotopic (exact) mass is 423 g/mol. The first-order valence-electron chi connectivity index (χ1n) is 6.00. The average Bonchev–Trinajstić information content (AvgIpc) is 2.80. The number of allylic oxidation sites excluding steroid dienone is 3. The van der Waals surface area contributed by atoms with Gasteiger partial charge in [-0.2, -0.15) is 0 Å². The van der Waals surface area contributed by atoms with E-state index in [1.165, 1.54) is 0 Å². The van der Waals surface area contributed by atoms with Crippen molar-refractivity contribution >= 4 is 69.6 Å². The van der Waals surface area contributed by atoms with Crippen LogP contribution in [0.25, 0.3) is 0 Å².